The Hall–Kier alpha value is -1.50. The van der Waals surface area contributed by atoms with Crippen LogP contribution in [0.1, 0.15) is 24.0 Å². The Balaban J connectivity index is 2.01. The van der Waals surface area contributed by atoms with Crippen molar-refractivity contribution in [3.8, 4) is 0 Å². The molecule has 1 fully saturated rings. The van der Waals surface area contributed by atoms with Crippen LogP contribution in [0, 0.1) is 0 Å². The van der Waals surface area contributed by atoms with E-state index in [-0.39, 0.29) is 0 Å². The molecule has 0 radical (unpaired) electrons. The molecule has 0 amide bonds. The van der Waals surface area contributed by atoms with E-state index in [0.29, 0.717) is 5.41 Å². The number of hydrogen-bond donors (Lipinski definition) is 0. The van der Waals surface area contributed by atoms with Crippen molar-refractivity contribution < 1.29 is 0 Å². The van der Waals surface area contributed by atoms with Crippen molar-refractivity contribution in [1.29, 1.82) is 0 Å². The quantitative estimate of drug-likeness (QED) is 0.635. The van der Waals surface area contributed by atoms with Gasteiger partial charge in [0.05, 0.1) is 0 Å². The van der Waals surface area contributed by atoms with E-state index >= 15 is 0 Å². The van der Waals surface area contributed by atoms with E-state index in [2.05, 4.69) is 47.4 Å². The Kier molecular flexibility index (Phi) is 1.50. The third kappa shape index (κ3) is 0.874. The molecule has 0 N–H and O–H groups in total. The van der Waals surface area contributed by atoms with Gasteiger partial charge in [0, 0.05) is 24.2 Å². The van der Waals surface area contributed by atoms with Gasteiger partial charge in [-0.1, -0.05) is 36.4 Å². The summed E-state index contributed by atoms with van der Waals surface area (Å²) in [6.45, 7) is 2.33. The molecule has 2 heterocycles. The second-order valence-electron chi connectivity index (χ2n) is 5.09. The van der Waals surface area contributed by atoms with E-state index in [0.717, 1.165) is 6.54 Å². The van der Waals surface area contributed by atoms with E-state index in [9.17, 15) is 0 Å². The lowest BCUT2D eigenvalue weighted by Gasteiger charge is -2.40. The third-order valence-corrected chi connectivity index (χ3v) is 4.39. The Morgan fingerprint density at radius 1 is 1.19 bits per heavy atom. The zero-order valence-corrected chi connectivity index (χ0v) is 9.32. The Morgan fingerprint density at radius 2 is 2.12 bits per heavy atom. The fourth-order valence-corrected chi connectivity index (χ4v) is 3.65. The summed E-state index contributed by atoms with van der Waals surface area (Å²) in [6.07, 6.45) is 9.36. The molecule has 80 valence electrons. The predicted octanol–water partition coefficient (Wildman–Crippen LogP) is 2.99. The van der Waals surface area contributed by atoms with Gasteiger partial charge < -0.3 is 4.90 Å². The Labute approximate surface area is 96.1 Å². The summed E-state index contributed by atoms with van der Waals surface area (Å²) in [7, 11) is 0. The lowest BCUT2D eigenvalue weighted by atomic mass is 9.70. The first-order valence-electron chi connectivity index (χ1n) is 6.11. The summed E-state index contributed by atoms with van der Waals surface area (Å²) in [4.78, 5) is 2.56. The number of hydrogen-bond acceptors (Lipinski definition) is 1. The molecule has 0 saturated carbocycles. The molecule has 3 aliphatic rings. The van der Waals surface area contributed by atoms with Gasteiger partial charge in [0.2, 0.25) is 0 Å². The zero-order valence-electron chi connectivity index (χ0n) is 9.32. The third-order valence-electron chi connectivity index (χ3n) is 4.39. The molecule has 2 aliphatic heterocycles. The van der Waals surface area contributed by atoms with Crippen LogP contribution in [0.3, 0.4) is 0 Å². The fraction of sp³-hybridized carbons (Fsp3) is 0.333. The first-order chi connectivity index (χ1) is 7.90. The number of rotatable bonds is 0. The Morgan fingerprint density at radius 3 is 3.12 bits per heavy atom. The maximum absolute atomic E-state index is 2.56. The maximum atomic E-state index is 2.56. The van der Waals surface area contributed by atoms with Gasteiger partial charge in [0.25, 0.3) is 0 Å². The van der Waals surface area contributed by atoms with Gasteiger partial charge in [-0.15, -0.1) is 0 Å². The number of allylic oxidation sites excluding steroid dienone is 4. The van der Waals surface area contributed by atoms with Crippen LogP contribution in [0.5, 0.6) is 0 Å². The van der Waals surface area contributed by atoms with Crippen LogP contribution < -0.4 is 0 Å². The second-order valence-corrected chi connectivity index (χ2v) is 5.09. The van der Waals surface area contributed by atoms with Crippen LogP contribution in [-0.2, 0) is 12.0 Å². The molecule has 1 unspecified atom stereocenters. The average molecular weight is 209 g/mol. The minimum Gasteiger partial charge on any atom is -0.370 e. The summed E-state index contributed by atoms with van der Waals surface area (Å²) >= 11 is 0. The van der Waals surface area contributed by atoms with Crippen molar-refractivity contribution >= 4 is 0 Å². The van der Waals surface area contributed by atoms with E-state index in [1.54, 1.807) is 11.3 Å². The summed E-state index contributed by atoms with van der Waals surface area (Å²) in [5.41, 5.74) is 5.00. The summed E-state index contributed by atoms with van der Waals surface area (Å²) in [6, 6.07) is 9.00. The SMILES string of the molecule is C1=CCC23CCN(Cc4ccccc42)C3=C1. The van der Waals surface area contributed by atoms with Crippen LogP contribution in [0.15, 0.2) is 48.2 Å². The van der Waals surface area contributed by atoms with Crippen molar-refractivity contribution in [3.63, 3.8) is 0 Å². The Bertz CT molecular complexity index is 512. The molecular weight excluding hydrogens is 194 g/mol. The highest BCUT2D eigenvalue weighted by Crippen LogP contribution is 2.52. The van der Waals surface area contributed by atoms with E-state index in [1.165, 1.54) is 24.9 Å². The van der Waals surface area contributed by atoms with Crippen molar-refractivity contribution in [2.45, 2.75) is 24.8 Å². The molecule has 0 spiro atoms. The first-order valence-corrected chi connectivity index (χ1v) is 6.11. The van der Waals surface area contributed by atoms with Crippen molar-refractivity contribution in [2.24, 2.45) is 0 Å². The van der Waals surface area contributed by atoms with Gasteiger partial charge in [-0.25, -0.2) is 0 Å². The van der Waals surface area contributed by atoms with E-state index in [4.69, 9.17) is 0 Å². The summed E-state index contributed by atoms with van der Waals surface area (Å²) in [5, 5.41) is 0. The van der Waals surface area contributed by atoms with Crippen LogP contribution in [0.25, 0.3) is 0 Å². The topological polar surface area (TPSA) is 3.24 Å². The van der Waals surface area contributed by atoms with Gasteiger partial charge >= 0.3 is 0 Å². The highest BCUT2D eigenvalue weighted by molar-refractivity contribution is 5.50. The van der Waals surface area contributed by atoms with Crippen molar-refractivity contribution in [1.82, 2.24) is 4.90 Å². The molecule has 1 saturated heterocycles. The van der Waals surface area contributed by atoms with Crippen LogP contribution >= 0.6 is 0 Å². The zero-order chi connectivity index (χ0) is 10.6. The van der Waals surface area contributed by atoms with Gasteiger partial charge in [-0.3, -0.25) is 0 Å². The molecule has 1 atom stereocenters. The van der Waals surface area contributed by atoms with E-state index in [1.807, 2.05) is 0 Å². The molecule has 0 aromatic heterocycles. The average Bonchev–Trinajstić information content (AvgIpc) is 2.63. The molecule has 1 aromatic rings. The van der Waals surface area contributed by atoms with Gasteiger partial charge in [0.1, 0.15) is 0 Å². The minimum absolute atomic E-state index is 0.323. The molecule has 1 aromatic carbocycles. The summed E-state index contributed by atoms with van der Waals surface area (Å²) < 4.78 is 0. The van der Waals surface area contributed by atoms with Crippen molar-refractivity contribution in [2.75, 3.05) is 6.54 Å². The second kappa shape index (κ2) is 2.79. The number of benzene rings is 1. The highest BCUT2D eigenvalue weighted by atomic mass is 15.2. The van der Waals surface area contributed by atoms with Gasteiger partial charge in [-0.05, 0) is 30.0 Å². The minimum atomic E-state index is 0.323. The number of fused-ring (bicyclic) bond motifs is 1. The smallest absolute Gasteiger partial charge is 0.0429 e. The van der Waals surface area contributed by atoms with Crippen LogP contribution in [0.2, 0.25) is 0 Å². The van der Waals surface area contributed by atoms with Crippen LogP contribution in [-0.4, -0.2) is 11.4 Å². The molecule has 4 rings (SSSR count). The van der Waals surface area contributed by atoms with Crippen molar-refractivity contribution in [3.05, 3.63) is 59.3 Å². The first kappa shape index (κ1) is 8.63. The van der Waals surface area contributed by atoms with Gasteiger partial charge in [0.15, 0.2) is 0 Å². The van der Waals surface area contributed by atoms with Gasteiger partial charge in [-0.2, -0.15) is 0 Å². The molecule has 16 heavy (non-hydrogen) atoms. The molecule has 1 heteroatoms. The fourth-order valence-electron chi connectivity index (χ4n) is 3.65. The molecule has 2 bridgehead atoms. The van der Waals surface area contributed by atoms with Crippen LogP contribution in [0.4, 0.5) is 0 Å². The molecular formula is C15H15N. The lowest BCUT2D eigenvalue weighted by Crippen LogP contribution is -2.35. The lowest BCUT2D eigenvalue weighted by molar-refractivity contribution is 0.354. The number of nitrogens with zero attached hydrogens (tertiary/aromatic N) is 1. The highest BCUT2D eigenvalue weighted by Gasteiger charge is 2.47. The summed E-state index contributed by atoms with van der Waals surface area (Å²) in [5.74, 6) is 0. The maximum Gasteiger partial charge on any atom is 0.0429 e. The largest absolute Gasteiger partial charge is 0.370 e. The monoisotopic (exact) mass is 209 g/mol. The molecule has 1 nitrogen and oxygen atoms in total. The molecule has 1 aliphatic carbocycles. The predicted molar refractivity (Wildman–Crippen MR) is 65.0 cm³/mol. The standard InChI is InChI=1S/C15H15N/c1-2-6-13-12(5-1)11-16-10-9-15(13)8-4-3-7-14(15)16/h1-7H,8-11H2. The van der Waals surface area contributed by atoms with E-state index < -0.39 is 0 Å². The normalized spacial score (nSPS) is 29.8.